The normalized spacial score (nSPS) is 12.7. The molecule has 1 rings (SSSR count). The maximum absolute atomic E-state index is 12.1. The molecule has 0 saturated heterocycles. The lowest BCUT2D eigenvalue weighted by Gasteiger charge is -2.22. The van der Waals surface area contributed by atoms with Gasteiger partial charge in [0.2, 0.25) is 10.0 Å². The minimum atomic E-state index is -3.68. The highest BCUT2D eigenvalue weighted by Crippen LogP contribution is 2.21. The number of nitrogens with two attached hydrogens (primary N) is 2. The molecule has 1 aromatic rings. The number of aromatic nitrogens is 1. The fourth-order valence-corrected chi connectivity index (χ4v) is 2.92. The second-order valence-electron chi connectivity index (χ2n) is 4.73. The number of halogens is 1. The Bertz CT molecular complexity index is 531. The number of hydrogen-bond donors (Lipinski definition) is 3. The summed E-state index contributed by atoms with van der Waals surface area (Å²) in [6, 6.07) is 1.42. The third-order valence-electron chi connectivity index (χ3n) is 2.43. The summed E-state index contributed by atoms with van der Waals surface area (Å²) in [5.74, 6) is -0.0312. The van der Waals surface area contributed by atoms with Gasteiger partial charge in [-0.15, -0.1) is 0 Å². The molecule has 0 amide bonds. The molecular weight excluding hydrogens is 320 g/mol. The Hall–Kier alpha value is -0.700. The van der Waals surface area contributed by atoms with Crippen molar-refractivity contribution in [3.8, 4) is 0 Å². The fourth-order valence-electron chi connectivity index (χ4n) is 1.09. The highest BCUT2D eigenvalue weighted by Gasteiger charge is 2.23. The van der Waals surface area contributed by atoms with E-state index in [9.17, 15) is 8.42 Å². The van der Waals surface area contributed by atoms with Crippen molar-refractivity contribution in [3.05, 3.63) is 16.7 Å². The molecule has 0 saturated carbocycles. The lowest BCUT2D eigenvalue weighted by atomic mass is 9.95. The third-order valence-corrected chi connectivity index (χ3v) is 4.30. The molecule has 8 heteroatoms. The first-order valence-electron chi connectivity index (χ1n) is 5.29. The van der Waals surface area contributed by atoms with Crippen LogP contribution in [-0.4, -0.2) is 26.5 Å². The fraction of sp³-hybridized carbons (Fsp3) is 0.500. The molecule has 18 heavy (non-hydrogen) atoms. The Morgan fingerprint density at radius 2 is 2.11 bits per heavy atom. The third kappa shape index (κ3) is 3.91. The van der Waals surface area contributed by atoms with Gasteiger partial charge in [0.1, 0.15) is 10.7 Å². The van der Waals surface area contributed by atoms with E-state index < -0.39 is 10.0 Å². The monoisotopic (exact) mass is 336 g/mol. The van der Waals surface area contributed by atoms with Gasteiger partial charge in [0.05, 0.1) is 0 Å². The van der Waals surface area contributed by atoms with Crippen molar-refractivity contribution in [1.29, 1.82) is 0 Å². The zero-order chi connectivity index (χ0) is 14.0. The average molecular weight is 337 g/mol. The molecular formula is C10H17BrN4O2S. The molecule has 0 unspecified atom stereocenters. The van der Waals surface area contributed by atoms with Crippen LogP contribution >= 0.6 is 15.9 Å². The maximum atomic E-state index is 12.1. The molecule has 1 aromatic heterocycles. The van der Waals surface area contributed by atoms with Gasteiger partial charge in [-0.1, -0.05) is 13.8 Å². The molecule has 0 aliphatic rings. The van der Waals surface area contributed by atoms with Crippen LogP contribution in [0.3, 0.4) is 0 Å². The van der Waals surface area contributed by atoms with Gasteiger partial charge in [0.15, 0.2) is 0 Å². The molecule has 0 fully saturated rings. The molecule has 0 bridgehead atoms. The summed E-state index contributed by atoms with van der Waals surface area (Å²) in [6.45, 7) is 4.36. The van der Waals surface area contributed by atoms with Gasteiger partial charge in [-0.2, -0.15) is 0 Å². The van der Waals surface area contributed by atoms with Crippen LogP contribution in [0.25, 0.3) is 0 Å². The van der Waals surface area contributed by atoms with E-state index in [-0.39, 0.29) is 22.7 Å². The van der Waals surface area contributed by atoms with E-state index >= 15 is 0 Å². The first-order valence-corrected chi connectivity index (χ1v) is 7.56. The largest absolute Gasteiger partial charge is 0.383 e. The van der Waals surface area contributed by atoms with Crippen LogP contribution in [0.1, 0.15) is 13.8 Å². The molecule has 0 atom stereocenters. The molecule has 5 N–H and O–H groups in total. The van der Waals surface area contributed by atoms with Crippen molar-refractivity contribution in [2.24, 2.45) is 11.1 Å². The number of nitrogens with zero attached hydrogens (tertiary/aromatic N) is 1. The number of nitrogens with one attached hydrogen (secondary N) is 1. The zero-order valence-electron chi connectivity index (χ0n) is 10.3. The van der Waals surface area contributed by atoms with Crippen LogP contribution in [0.4, 0.5) is 5.82 Å². The van der Waals surface area contributed by atoms with Gasteiger partial charge >= 0.3 is 0 Å². The van der Waals surface area contributed by atoms with Crippen LogP contribution in [0, 0.1) is 5.41 Å². The Balaban J connectivity index is 2.97. The average Bonchev–Trinajstić information content (AvgIpc) is 2.30. The first kappa shape index (κ1) is 15.4. The molecule has 0 aliphatic carbocycles. The van der Waals surface area contributed by atoms with E-state index in [4.69, 9.17) is 11.5 Å². The van der Waals surface area contributed by atoms with Crippen molar-refractivity contribution in [2.45, 2.75) is 18.7 Å². The number of sulfonamides is 1. The first-order chi connectivity index (χ1) is 8.18. The van der Waals surface area contributed by atoms with Crippen molar-refractivity contribution in [3.63, 3.8) is 0 Å². The van der Waals surface area contributed by atoms with Crippen molar-refractivity contribution in [2.75, 3.05) is 18.8 Å². The topological polar surface area (TPSA) is 111 Å². The second kappa shape index (κ2) is 5.52. The summed E-state index contributed by atoms with van der Waals surface area (Å²) in [4.78, 5) is 3.76. The quantitative estimate of drug-likeness (QED) is 0.732. The Kier molecular flexibility index (Phi) is 4.71. The van der Waals surface area contributed by atoms with Crippen LogP contribution in [0.5, 0.6) is 0 Å². The minimum absolute atomic E-state index is 0.0312. The lowest BCUT2D eigenvalue weighted by Crippen LogP contribution is -2.38. The predicted octanol–water partition coefficient (Wildman–Crippen LogP) is 0.690. The summed E-state index contributed by atoms with van der Waals surface area (Å²) in [5, 5.41) is 0. The van der Waals surface area contributed by atoms with Gasteiger partial charge in [-0.05, 0) is 34.0 Å². The summed E-state index contributed by atoms with van der Waals surface area (Å²) in [7, 11) is -3.68. The van der Waals surface area contributed by atoms with Crippen LogP contribution < -0.4 is 16.2 Å². The molecule has 6 nitrogen and oxygen atoms in total. The van der Waals surface area contributed by atoms with Crippen LogP contribution in [0.2, 0.25) is 0 Å². The Morgan fingerprint density at radius 3 is 2.67 bits per heavy atom. The van der Waals surface area contributed by atoms with Crippen LogP contribution in [0.15, 0.2) is 21.6 Å². The number of anilines is 1. The number of nitrogen functional groups attached to an aromatic ring is 1. The summed E-state index contributed by atoms with van der Waals surface area (Å²) in [6.07, 6.45) is 1.44. The van der Waals surface area contributed by atoms with Gasteiger partial charge in [0, 0.05) is 17.2 Å². The summed E-state index contributed by atoms with van der Waals surface area (Å²) < 4.78 is 27.2. The molecule has 102 valence electrons. The standard InChI is InChI=1S/C10H17BrN4O2S/c1-10(2,5-12)6-15-18(16,17)8-3-7(11)4-14-9(8)13/h3-4,15H,5-6,12H2,1-2H3,(H2,13,14). The number of hydrogen-bond acceptors (Lipinski definition) is 5. The summed E-state index contributed by atoms with van der Waals surface area (Å²) in [5.41, 5.74) is 10.8. The van der Waals surface area contributed by atoms with E-state index in [1.165, 1.54) is 12.3 Å². The Labute approximate surface area is 115 Å². The van der Waals surface area contributed by atoms with E-state index in [2.05, 4.69) is 25.6 Å². The number of rotatable bonds is 5. The molecule has 0 spiro atoms. The van der Waals surface area contributed by atoms with Crippen molar-refractivity contribution in [1.82, 2.24) is 9.71 Å². The van der Waals surface area contributed by atoms with E-state index in [1.807, 2.05) is 13.8 Å². The van der Waals surface area contributed by atoms with Gasteiger partial charge < -0.3 is 11.5 Å². The highest BCUT2D eigenvalue weighted by atomic mass is 79.9. The smallest absolute Gasteiger partial charge is 0.244 e. The zero-order valence-corrected chi connectivity index (χ0v) is 12.7. The predicted molar refractivity (Wildman–Crippen MR) is 74.4 cm³/mol. The highest BCUT2D eigenvalue weighted by molar-refractivity contribution is 9.10. The van der Waals surface area contributed by atoms with Gasteiger partial charge in [0.25, 0.3) is 0 Å². The molecule has 0 radical (unpaired) electrons. The minimum Gasteiger partial charge on any atom is -0.383 e. The van der Waals surface area contributed by atoms with E-state index in [0.717, 1.165) is 0 Å². The maximum Gasteiger partial charge on any atom is 0.244 e. The SMILES string of the molecule is CC(C)(CN)CNS(=O)(=O)c1cc(Br)cnc1N. The van der Waals surface area contributed by atoms with Crippen LogP contribution in [-0.2, 0) is 10.0 Å². The molecule has 0 aliphatic heterocycles. The molecule has 0 aromatic carbocycles. The lowest BCUT2D eigenvalue weighted by molar-refractivity contribution is 0.376. The van der Waals surface area contributed by atoms with E-state index in [0.29, 0.717) is 11.0 Å². The summed E-state index contributed by atoms with van der Waals surface area (Å²) >= 11 is 3.16. The van der Waals surface area contributed by atoms with E-state index in [1.54, 1.807) is 0 Å². The van der Waals surface area contributed by atoms with Crippen molar-refractivity contribution < 1.29 is 8.42 Å². The Morgan fingerprint density at radius 1 is 1.50 bits per heavy atom. The van der Waals surface area contributed by atoms with Crippen molar-refractivity contribution >= 4 is 31.8 Å². The molecule has 1 heterocycles. The second-order valence-corrected chi connectivity index (χ2v) is 7.38. The van der Waals surface area contributed by atoms with Gasteiger partial charge in [-0.25, -0.2) is 18.1 Å². The number of pyridine rings is 1. The van der Waals surface area contributed by atoms with Gasteiger partial charge in [-0.3, -0.25) is 0 Å².